The van der Waals surface area contributed by atoms with Crippen LogP contribution in [0.15, 0.2) is 48.1 Å². The number of aliphatic carboxylic acids is 1. The maximum Gasteiger partial charge on any atom is 0.416 e. The van der Waals surface area contributed by atoms with Crippen molar-refractivity contribution in [3.05, 3.63) is 59.2 Å². The second kappa shape index (κ2) is 11.4. The van der Waals surface area contributed by atoms with E-state index in [4.69, 9.17) is 0 Å². The van der Waals surface area contributed by atoms with E-state index in [-0.39, 0.29) is 36.8 Å². The number of rotatable bonds is 8. The van der Waals surface area contributed by atoms with Gasteiger partial charge in [-0.1, -0.05) is 44.2 Å². The summed E-state index contributed by atoms with van der Waals surface area (Å²) in [5, 5.41) is 9.32. The first-order chi connectivity index (χ1) is 16.8. The first kappa shape index (κ1) is 28.3. The van der Waals surface area contributed by atoms with Gasteiger partial charge in [0.25, 0.3) is 0 Å². The zero-order valence-electron chi connectivity index (χ0n) is 20.4. The van der Waals surface area contributed by atoms with E-state index in [1.54, 1.807) is 6.08 Å². The molecule has 9 heteroatoms. The lowest BCUT2D eigenvalue weighted by molar-refractivity contribution is -0.139. The van der Waals surface area contributed by atoms with Crippen molar-refractivity contribution in [1.82, 2.24) is 4.90 Å². The zero-order chi connectivity index (χ0) is 26.7. The predicted octanol–water partition coefficient (Wildman–Crippen LogP) is 7.80. The maximum atomic E-state index is 13.2. The summed E-state index contributed by atoms with van der Waals surface area (Å²) in [6.07, 6.45) is -2.24. The van der Waals surface area contributed by atoms with Crippen molar-refractivity contribution in [3.63, 3.8) is 0 Å². The van der Waals surface area contributed by atoms with Crippen LogP contribution in [0.2, 0.25) is 0 Å². The van der Waals surface area contributed by atoms with Gasteiger partial charge in [-0.3, -0.25) is 9.69 Å². The summed E-state index contributed by atoms with van der Waals surface area (Å²) in [4.78, 5) is 13.6. The predicted molar refractivity (Wildman–Crippen MR) is 125 cm³/mol. The molecule has 0 bridgehead atoms. The van der Waals surface area contributed by atoms with Crippen LogP contribution >= 0.6 is 0 Å². The Bertz CT molecular complexity index is 948. The number of allylic oxidation sites excluding steroid dienone is 3. The zero-order valence-corrected chi connectivity index (χ0v) is 20.4. The molecule has 1 fully saturated rings. The Morgan fingerprint density at radius 3 is 2.22 bits per heavy atom. The van der Waals surface area contributed by atoms with Gasteiger partial charge in [-0.25, -0.2) is 0 Å². The van der Waals surface area contributed by atoms with Crippen molar-refractivity contribution < 1.29 is 36.2 Å². The van der Waals surface area contributed by atoms with Crippen LogP contribution in [-0.4, -0.2) is 34.7 Å². The van der Waals surface area contributed by atoms with Crippen LogP contribution in [0.4, 0.5) is 26.3 Å². The molecular formula is C27H33F6NO2. The van der Waals surface area contributed by atoms with Gasteiger partial charge in [-0.15, -0.1) is 0 Å². The fraction of sp³-hybridized carbons (Fsp3) is 0.593. The minimum absolute atomic E-state index is 0.0125. The lowest BCUT2D eigenvalue weighted by atomic mass is 9.77. The third kappa shape index (κ3) is 7.37. The molecule has 36 heavy (non-hydrogen) atoms. The quantitative estimate of drug-likeness (QED) is 0.358. The molecule has 1 aromatic carbocycles. The molecular weight excluding hydrogens is 484 g/mol. The average molecular weight is 518 g/mol. The Kier molecular flexibility index (Phi) is 8.96. The molecule has 3 rings (SSSR count). The van der Waals surface area contributed by atoms with E-state index in [1.807, 2.05) is 0 Å². The van der Waals surface area contributed by atoms with Crippen molar-refractivity contribution in [3.8, 4) is 0 Å². The molecule has 1 aliphatic heterocycles. The third-order valence-electron chi connectivity index (χ3n) is 7.25. The maximum absolute atomic E-state index is 13.2. The van der Waals surface area contributed by atoms with Crippen molar-refractivity contribution in [2.45, 2.75) is 76.8 Å². The van der Waals surface area contributed by atoms with Gasteiger partial charge in [0.2, 0.25) is 0 Å². The van der Waals surface area contributed by atoms with Crippen LogP contribution in [0, 0.1) is 17.8 Å². The number of benzene rings is 1. The molecule has 200 valence electrons. The van der Waals surface area contributed by atoms with Gasteiger partial charge >= 0.3 is 18.3 Å². The number of hydrogen-bond donors (Lipinski definition) is 1. The van der Waals surface area contributed by atoms with E-state index >= 15 is 0 Å². The summed E-state index contributed by atoms with van der Waals surface area (Å²) in [7, 11) is 0. The molecule has 0 amide bonds. The highest BCUT2D eigenvalue weighted by molar-refractivity contribution is 5.67. The second-order valence-corrected chi connectivity index (χ2v) is 10.3. The summed E-state index contributed by atoms with van der Waals surface area (Å²) >= 11 is 0. The fourth-order valence-corrected chi connectivity index (χ4v) is 5.37. The van der Waals surface area contributed by atoms with Crippen molar-refractivity contribution in [1.29, 1.82) is 0 Å². The molecule has 1 N–H and O–H groups in total. The van der Waals surface area contributed by atoms with Crippen LogP contribution in [0.3, 0.4) is 0 Å². The summed E-state index contributed by atoms with van der Waals surface area (Å²) < 4.78 is 78.9. The topological polar surface area (TPSA) is 40.5 Å². The highest BCUT2D eigenvalue weighted by Crippen LogP contribution is 2.42. The third-order valence-corrected chi connectivity index (χ3v) is 7.25. The van der Waals surface area contributed by atoms with E-state index in [2.05, 4.69) is 18.7 Å². The van der Waals surface area contributed by atoms with Crippen LogP contribution in [0.5, 0.6) is 0 Å². The van der Waals surface area contributed by atoms with E-state index in [1.165, 1.54) is 18.2 Å². The van der Waals surface area contributed by atoms with Gasteiger partial charge in [0.1, 0.15) is 0 Å². The molecule has 0 saturated carbocycles. The number of carboxylic acid groups (broad SMARTS) is 1. The Morgan fingerprint density at radius 2 is 1.72 bits per heavy atom. The Morgan fingerprint density at radius 1 is 1.06 bits per heavy atom. The Balaban J connectivity index is 1.93. The van der Waals surface area contributed by atoms with Gasteiger partial charge in [-0.05, 0) is 74.1 Å². The number of piperidine rings is 1. The molecule has 2 aliphatic rings. The monoisotopic (exact) mass is 517 g/mol. The Labute approximate surface area is 207 Å². The number of carboxylic acids is 1. The summed E-state index contributed by atoms with van der Waals surface area (Å²) in [6, 6.07) is 4.70. The number of carbonyl (C=O) groups is 1. The van der Waals surface area contributed by atoms with Gasteiger partial charge < -0.3 is 5.11 Å². The SMILES string of the molecule is CC(C)CC[C@H](c1ccc(C(F)(F)F)cc1)N1CC[C@@H](CC(=O)O)C[C@@H]1C1C=CC(C(F)(F)F)=CC1. The van der Waals surface area contributed by atoms with E-state index in [0.29, 0.717) is 31.7 Å². The van der Waals surface area contributed by atoms with Gasteiger partial charge in [0.05, 0.1) is 11.1 Å². The summed E-state index contributed by atoms with van der Waals surface area (Å²) in [5.41, 5.74) is -0.690. The lowest BCUT2D eigenvalue weighted by Gasteiger charge is -2.47. The molecule has 0 radical (unpaired) electrons. The number of likely N-dealkylation sites (tertiary alicyclic amines) is 1. The molecule has 3 nitrogen and oxygen atoms in total. The molecule has 1 aliphatic carbocycles. The number of nitrogens with zero attached hydrogens (tertiary/aromatic N) is 1. The first-order valence-corrected chi connectivity index (χ1v) is 12.4. The number of hydrogen-bond acceptors (Lipinski definition) is 2. The largest absolute Gasteiger partial charge is 0.481 e. The highest BCUT2D eigenvalue weighted by atomic mass is 19.4. The first-order valence-electron chi connectivity index (χ1n) is 12.4. The van der Waals surface area contributed by atoms with Crippen LogP contribution in [-0.2, 0) is 11.0 Å². The minimum atomic E-state index is -4.45. The van der Waals surface area contributed by atoms with E-state index < -0.39 is 29.5 Å². The molecule has 1 unspecified atom stereocenters. The van der Waals surface area contributed by atoms with Crippen LogP contribution in [0.25, 0.3) is 0 Å². The Hall–Kier alpha value is -2.29. The molecule has 1 aromatic rings. The molecule has 4 atom stereocenters. The second-order valence-electron chi connectivity index (χ2n) is 10.3. The van der Waals surface area contributed by atoms with Crippen molar-refractivity contribution in [2.24, 2.45) is 17.8 Å². The number of halogens is 6. The van der Waals surface area contributed by atoms with E-state index in [0.717, 1.165) is 30.2 Å². The van der Waals surface area contributed by atoms with Crippen LogP contribution < -0.4 is 0 Å². The van der Waals surface area contributed by atoms with Crippen molar-refractivity contribution in [2.75, 3.05) is 6.54 Å². The highest BCUT2D eigenvalue weighted by Gasteiger charge is 2.40. The van der Waals surface area contributed by atoms with Crippen molar-refractivity contribution >= 4 is 5.97 Å². The molecule has 0 spiro atoms. The molecule has 0 aromatic heterocycles. The number of alkyl halides is 6. The van der Waals surface area contributed by atoms with Gasteiger partial charge in [0, 0.05) is 18.5 Å². The summed E-state index contributed by atoms with van der Waals surface area (Å²) in [5.74, 6) is -0.909. The minimum Gasteiger partial charge on any atom is -0.481 e. The molecule has 1 heterocycles. The fourth-order valence-electron chi connectivity index (χ4n) is 5.37. The van der Waals surface area contributed by atoms with E-state index in [9.17, 15) is 36.2 Å². The van der Waals surface area contributed by atoms with Crippen LogP contribution in [0.1, 0.15) is 69.5 Å². The smallest absolute Gasteiger partial charge is 0.416 e. The van der Waals surface area contributed by atoms with Gasteiger partial charge in [-0.2, -0.15) is 26.3 Å². The lowest BCUT2D eigenvalue weighted by Crippen LogP contribution is -2.48. The summed E-state index contributed by atoms with van der Waals surface area (Å²) in [6.45, 7) is 4.66. The van der Waals surface area contributed by atoms with Gasteiger partial charge in [0.15, 0.2) is 0 Å². The standard InChI is InChI=1S/C27H33F6NO2/c1-17(2)3-12-23(19-4-8-21(9-5-19)26(28,29)30)34-14-13-18(16-25(35)36)15-24(34)20-6-10-22(11-7-20)27(31,32)33/h4-6,8-11,17-18,20,23-24H,3,7,12-16H2,1-2H3,(H,35,36)/t18-,20?,23-,24-/m1/s1. The average Bonchev–Trinajstić information content (AvgIpc) is 2.78. The normalized spacial score (nSPS) is 24.6. The molecule has 1 saturated heterocycles.